The van der Waals surface area contributed by atoms with Gasteiger partial charge in [0.2, 0.25) is 5.91 Å². The van der Waals surface area contributed by atoms with Crippen LogP contribution < -0.4 is 11.1 Å². The molecule has 1 amide bonds. The number of nitro benzene ring substituents is 1. The molecular formula is C13H17N3O5. The van der Waals surface area contributed by atoms with E-state index in [1.54, 1.807) is 13.8 Å². The molecule has 0 saturated heterocycles. The van der Waals surface area contributed by atoms with Crippen molar-refractivity contribution < 1.29 is 19.6 Å². The number of carbonyl (C=O) groups excluding carboxylic acids is 1. The summed E-state index contributed by atoms with van der Waals surface area (Å²) >= 11 is 0. The van der Waals surface area contributed by atoms with Crippen LogP contribution >= 0.6 is 0 Å². The quantitative estimate of drug-likeness (QED) is 0.508. The molecule has 0 bridgehead atoms. The van der Waals surface area contributed by atoms with Crippen LogP contribution in [-0.2, 0) is 11.3 Å². The zero-order valence-corrected chi connectivity index (χ0v) is 11.8. The van der Waals surface area contributed by atoms with Crippen molar-refractivity contribution in [2.24, 2.45) is 5.73 Å². The fraction of sp³-hybridized carbons (Fsp3) is 0.385. The van der Waals surface area contributed by atoms with Gasteiger partial charge in [0.15, 0.2) is 0 Å². The standard InChI is InChI=1S/C13H17N3O5/c1-13(2,6-10(14)17)15-7-8-4-3-5-9(16(20)21)11(8)12(18)19/h3-5,15H,6-7H2,1-2H3,(H2,14,17)(H,18,19). The zero-order valence-electron chi connectivity index (χ0n) is 11.8. The number of nitrogens with zero attached hydrogens (tertiary/aromatic N) is 1. The molecule has 0 aliphatic rings. The molecule has 1 aromatic rings. The number of hydrogen-bond donors (Lipinski definition) is 3. The Bertz CT molecular complexity index is 583. The SMILES string of the molecule is CC(C)(CC(N)=O)NCc1cccc([N+](=O)[O-])c1C(=O)O. The Hall–Kier alpha value is -2.48. The van der Waals surface area contributed by atoms with Crippen molar-refractivity contribution in [1.29, 1.82) is 0 Å². The zero-order chi connectivity index (χ0) is 16.2. The van der Waals surface area contributed by atoms with E-state index in [1.165, 1.54) is 12.1 Å². The predicted molar refractivity (Wildman–Crippen MR) is 74.8 cm³/mol. The molecule has 0 fully saturated rings. The van der Waals surface area contributed by atoms with Crippen molar-refractivity contribution in [2.75, 3.05) is 0 Å². The molecule has 4 N–H and O–H groups in total. The lowest BCUT2D eigenvalue weighted by Gasteiger charge is -2.25. The number of hydrogen-bond acceptors (Lipinski definition) is 5. The highest BCUT2D eigenvalue weighted by Gasteiger charge is 2.25. The molecule has 21 heavy (non-hydrogen) atoms. The highest BCUT2D eigenvalue weighted by atomic mass is 16.6. The molecule has 0 spiro atoms. The Kier molecular flexibility index (Phi) is 4.98. The molecule has 0 heterocycles. The molecule has 0 aliphatic heterocycles. The number of nitrogens with two attached hydrogens (primary N) is 1. The third kappa shape index (κ3) is 4.53. The number of amides is 1. The number of rotatable bonds is 7. The van der Waals surface area contributed by atoms with Crippen molar-refractivity contribution in [1.82, 2.24) is 5.32 Å². The van der Waals surface area contributed by atoms with Crippen LogP contribution in [-0.4, -0.2) is 27.4 Å². The lowest BCUT2D eigenvalue weighted by atomic mass is 9.98. The molecule has 0 unspecified atom stereocenters. The molecule has 0 radical (unpaired) electrons. The molecule has 0 aliphatic carbocycles. The van der Waals surface area contributed by atoms with Gasteiger partial charge >= 0.3 is 5.97 Å². The monoisotopic (exact) mass is 295 g/mol. The van der Waals surface area contributed by atoms with Crippen molar-refractivity contribution in [3.8, 4) is 0 Å². The summed E-state index contributed by atoms with van der Waals surface area (Å²) in [5, 5.41) is 23.0. The van der Waals surface area contributed by atoms with Crippen LogP contribution in [0.25, 0.3) is 0 Å². The van der Waals surface area contributed by atoms with Crippen molar-refractivity contribution >= 4 is 17.6 Å². The smallest absolute Gasteiger partial charge is 0.343 e. The summed E-state index contributed by atoms with van der Waals surface area (Å²) in [6.45, 7) is 3.54. The van der Waals surface area contributed by atoms with Crippen LogP contribution in [0.2, 0.25) is 0 Å². The van der Waals surface area contributed by atoms with Gasteiger partial charge < -0.3 is 16.2 Å². The first kappa shape index (κ1) is 16.6. The van der Waals surface area contributed by atoms with E-state index < -0.39 is 28.0 Å². The fourth-order valence-corrected chi connectivity index (χ4v) is 1.97. The average molecular weight is 295 g/mol. The molecule has 8 nitrogen and oxygen atoms in total. The highest BCUT2D eigenvalue weighted by Crippen LogP contribution is 2.23. The minimum Gasteiger partial charge on any atom is -0.477 e. The largest absolute Gasteiger partial charge is 0.477 e. The number of carboxylic acids is 1. The summed E-state index contributed by atoms with van der Waals surface area (Å²) in [6.07, 6.45) is 0.0599. The first-order valence-corrected chi connectivity index (χ1v) is 6.17. The number of benzene rings is 1. The fourth-order valence-electron chi connectivity index (χ4n) is 1.97. The van der Waals surface area contributed by atoms with E-state index in [0.29, 0.717) is 0 Å². The molecule has 0 aromatic heterocycles. The van der Waals surface area contributed by atoms with E-state index >= 15 is 0 Å². The van der Waals surface area contributed by atoms with Crippen LogP contribution in [0.4, 0.5) is 5.69 Å². The van der Waals surface area contributed by atoms with Gasteiger partial charge in [0.1, 0.15) is 5.56 Å². The maximum Gasteiger partial charge on any atom is 0.343 e. The van der Waals surface area contributed by atoms with Crippen LogP contribution in [0.15, 0.2) is 18.2 Å². The van der Waals surface area contributed by atoms with Crippen LogP contribution in [0.5, 0.6) is 0 Å². The van der Waals surface area contributed by atoms with Crippen LogP contribution in [0.3, 0.4) is 0 Å². The Morgan fingerprint density at radius 1 is 1.43 bits per heavy atom. The second-order valence-corrected chi connectivity index (χ2v) is 5.25. The third-order valence-corrected chi connectivity index (χ3v) is 2.91. The summed E-state index contributed by atoms with van der Waals surface area (Å²) in [5.74, 6) is -1.86. The van der Waals surface area contributed by atoms with Gasteiger partial charge in [0.25, 0.3) is 5.69 Å². The maximum absolute atomic E-state index is 11.2. The van der Waals surface area contributed by atoms with Gasteiger partial charge in [-0.15, -0.1) is 0 Å². The van der Waals surface area contributed by atoms with Crippen molar-refractivity contribution in [3.05, 3.63) is 39.4 Å². The second kappa shape index (κ2) is 6.31. The average Bonchev–Trinajstić information content (AvgIpc) is 2.34. The molecule has 114 valence electrons. The van der Waals surface area contributed by atoms with E-state index in [1.807, 2.05) is 0 Å². The molecular weight excluding hydrogens is 278 g/mol. The lowest BCUT2D eigenvalue weighted by molar-refractivity contribution is -0.385. The summed E-state index contributed by atoms with van der Waals surface area (Å²) in [7, 11) is 0. The predicted octanol–water partition coefficient (Wildman–Crippen LogP) is 1.04. The molecule has 0 saturated carbocycles. The maximum atomic E-state index is 11.2. The Labute approximate surface area is 121 Å². The van der Waals surface area contributed by atoms with E-state index in [2.05, 4.69) is 5.32 Å². The van der Waals surface area contributed by atoms with Crippen molar-refractivity contribution in [3.63, 3.8) is 0 Å². The van der Waals surface area contributed by atoms with Gasteiger partial charge in [-0.3, -0.25) is 14.9 Å². The highest BCUT2D eigenvalue weighted by molar-refractivity contribution is 5.94. The normalized spacial score (nSPS) is 11.1. The van der Waals surface area contributed by atoms with Gasteiger partial charge in [-0.25, -0.2) is 4.79 Å². The van der Waals surface area contributed by atoms with Crippen LogP contribution in [0.1, 0.15) is 36.2 Å². The van der Waals surface area contributed by atoms with Gasteiger partial charge in [0.05, 0.1) is 4.92 Å². The number of carboxylic acid groups (broad SMARTS) is 1. The summed E-state index contributed by atoms with van der Waals surface area (Å²) in [6, 6.07) is 4.05. The topological polar surface area (TPSA) is 136 Å². The van der Waals surface area contributed by atoms with Gasteiger partial charge in [-0.1, -0.05) is 12.1 Å². The lowest BCUT2D eigenvalue weighted by Crippen LogP contribution is -2.42. The van der Waals surface area contributed by atoms with E-state index in [0.717, 1.165) is 6.07 Å². The Morgan fingerprint density at radius 3 is 2.52 bits per heavy atom. The Morgan fingerprint density at radius 2 is 2.05 bits per heavy atom. The Balaban J connectivity index is 3.04. The first-order chi connectivity index (χ1) is 9.64. The van der Waals surface area contributed by atoms with E-state index in [9.17, 15) is 19.7 Å². The number of nitrogens with one attached hydrogen (secondary N) is 1. The third-order valence-electron chi connectivity index (χ3n) is 2.91. The van der Waals surface area contributed by atoms with Crippen molar-refractivity contribution in [2.45, 2.75) is 32.4 Å². The minimum atomic E-state index is -1.37. The summed E-state index contributed by atoms with van der Waals surface area (Å²) in [4.78, 5) is 32.3. The van der Waals surface area contributed by atoms with Gasteiger partial charge in [-0.2, -0.15) is 0 Å². The molecule has 8 heteroatoms. The van der Waals surface area contributed by atoms with E-state index in [4.69, 9.17) is 10.8 Å². The van der Waals surface area contributed by atoms with E-state index in [-0.39, 0.29) is 24.1 Å². The molecule has 1 rings (SSSR count). The summed E-state index contributed by atoms with van der Waals surface area (Å²) < 4.78 is 0. The molecule has 1 aromatic carbocycles. The number of nitro groups is 1. The molecule has 0 atom stereocenters. The minimum absolute atomic E-state index is 0.0599. The van der Waals surface area contributed by atoms with Crippen LogP contribution in [0, 0.1) is 10.1 Å². The van der Waals surface area contributed by atoms with Gasteiger partial charge in [-0.05, 0) is 19.4 Å². The summed E-state index contributed by atoms with van der Waals surface area (Å²) in [5.41, 5.74) is 3.93. The van der Waals surface area contributed by atoms with Gasteiger partial charge in [0, 0.05) is 24.6 Å². The first-order valence-electron chi connectivity index (χ1n) is 6.17. The number of carbonyl (C=O) groups is 2. The number of aromatic carboxylic acids is 1. The second-order valence-electron chi connectivity index (χ2n) is 5.25. The number of primary amides is 1.